The van der Waals surface area contributed by atoms with Gasteiger partial charge in [-0.3, -0.25) is 9.59 Å². The number of anilines is 1. The largest absolute Gasteiger partial charge is 0.483 e. The van der Waals surface area contributed by atoms with Crippen LogP contribution in [0.3, 0.4) is 0 Å². The summed E-state index contributed by atoms with van der Waals surface area (Å²) in [6.07, 6.45) is -0.275. The molecule has 0 saturated carbocycles. The summed E-state index contributed by atoms with van der Waals surface area (Å²) in [6.45, 7) is 6.10. The van der Waals surface area contributed by atoms with Gasteiger partial charge in [-0.1, -0.05) is 30.0 Å². The van der Waals surface area contributed by atoms with Crippen molar-refractivity contribution in [2.24, 2.45) is 0 Å². The molecule has 0 bridgehead atoms. The zero-order valence-electron chi connectivity index (χ0n) is 17.2. The monoisotopic (exact) mass is 424 g/mol. The second-order valence-electron chi connectivity index (χ2n) is 6.63. The van der Waals surface area contributed by atoms with Crippen molar-refractivity contribution >= 4 is 29.1 Å². The molecule has 1 aromatic heterocycles. The van der Waals surface area contributed by atoms with Crippen molar-refractivity contribution in [2.75, 3.05) is 11.1 Å². The molecular formula is C22H24N4O3S. The van der Waals surface area contributed by atoms with Crippen molar-refractivity contribution in [3.63, 3.8) is 0 Å². The minimum atomic E-state index is -0.275. The van der Waals surface area contributed by atoms with Gasteiger partial charge in [-0.2, -0.15) is 0 Å². The van der Waals surface area contributed by atoms with E-state index in [1.54, 1.807) is 24.3 Å². The molecule has 7 nitrogen and oxygen atoms in total. The Kier molecular flexibility index (Phi) is 7.24. The van der Waals surface area contributed by atoms with E-state index in [2.05, 4.69) is 15.5 Å². The van der Waals surface area contributed by atoms with E-state index in [0.29, 0.717) is 28.8 Å². The minimum absolute atomic E-state index is 0.0105. The van der Waals surface area contributed by atoms with Crippen molar-refractivity contribution in [1.82, 2.24) is 14.8 Å². The molecule has 3 aromatic rings. The molecule has 0 fully saturated rings. The molecule has 1 N–H and O–H groups in total. The van der Waals surface area contributed by atoms with Crippen molar-refractivity contribution in [3.05, 3.63) is 66.0 Å². The number of benzene rings is 2. The zero-order valence-corrected chi connectivity index (χ0v) is 18.0. The van der Waals surface area contributed by atoms with Crippen LogP contribution < -0.4 is 10.1 Å². The lowest BCUT2D eigenvalue weighted by molar-refractivity contribution is -0.113. The van der Waals surface area contributed by atoms with Gasteiger partial charge in [0.1, 0.15) is 5.75 Å². The second-order valence-corrected chi connectivity index (χ2v) is 7.57. The van der Waals surface area contributed by atoms with Gasteiger partial charge in [-0.15, -0.1) is 10.2 Å². The number of para-hydroxylation sites is 1. The van der Waals surface area contributed by atoms with E-state index in [9.17, 15) is 9.59 Å². The topological polar surface area (TPSA) is 86.1 Å². The third-order valence-electron chi connectivity index (χ3n) is 4.39. The number of nitrogens with zero attached hydrogens (tertiary/aromatic N) is 3. The van der Waals surface area contributed by atoms with Gasteiger partial charge in [0.05, 0.1) is 5.75 Å². The van der Waals surface area contributed by atoms with Gasteiger partial charge in [0, 0.05) is 17.8 Å². The number of thioether (sulfide) groups is 1. The zero-order chi connectivity index (χ0) is 21.5. The standard InChI is InChI=1S/C22H24N4O3S/c1-4-26-21(16(3)29-19-8-6-5-7-9-19)24-25-22(26)30-14-20(28)23-18-12-10-17(11-13-18)15(2)27/h5-13,16H,4,14H2,1-3H3,(H,23,28)/t16-/m1/s1. The molecule has 1 heterocycles. The van der Waals surface area contributed by atoms with Crippen LogP contribution in [0.15, 0.2) is 59.8 Å². The van der Waals surface area contributed by atoms with Crippen LogP contribution >= 0.6 is 11.8 Å². The molecule has 1 amide bonds. The molecular weight excluding hydrogens is 400 g/mol. The highest BCUT2D eigenvalue weighted by atomic mass is 32.2. The maximum absolute atomic E-state index is 12.3. The first-order valence-corrected chi connectivity index (χ1v) is 10.6. The van der Waals surface area contributed by atoms with Crippen LogP contribution in [-0.4, -0.2) is 32.2 Å². The summed E-state index contributed by atoms with van der Waals surface area (Å²) < 4.78 is 7.90. The Morgan fingerprint density at radius 1 is 1.10 bits per heavy atom. The number of carbonyl (C=O) groups excluding carboxylic acids is 2. The summed E-state index contributed by atoms with van der Waals surface area (Å²) in [6, 6.07) is 16.4. The molecule has 156 valence electrons. The first-order chi connectivity index (χ1) is 14.5. The Morgan fingerprint density at radius 2 is 1.80 bits per heavy atom. The predicted molar refractivity (Wildman–Crippen MR) is 117 cm³/mol. The summed E-state index contributed by atoms with van der Waals surface area (Å²) in [5.41, 5.74) is 1.26. The predicted octanol–water partition coefficient (Wildman–Crippen LogP) is 4.37. The molecule has 1 atom stereocenters. The SMILES string of the molecule is CCn1c(SCC(=O)Nc2ccc(C(C)=O)cc2)nnc1[C@@H](C)Oc1ccccc1. The van der Waals surface area contributed by atoms with Gasteiger partial charge in [-0.25, -0.2) is 0 Å². The fraction of sp³-hybridized carbons (Fsp3) is 0.273. The van der Waals surface area contributed by atoms with Crippen LogP contribution in [0, 0.1) is 0 Å². The van der Waals surface area contributed by atoms with Crippen molar-refractivity contribution in [2.45, 2.75) is 38.6 Å². The average molecular weight is 425 g/mol. The summed E-state index contributed by atoms with van der Waals surface area (Å²) in [5.74, 6) is 1.50. The molecule has 0 aliphatic carbocycles. The number of hydrogen-bond acceptors (Lipinski definition) is 6. The maximum atomic E-state index is 12.3. The number of hydrogen-bond donors (Lipinski definition) is 1. The van der Waals surface area contributed by atoms with E-state index < -0.39 is 0 Å². The minimum Gasteiger partial charge on any atom is -0.483 e. The quantitative estimate of drug-likeness (QED) is 0.405. The Bertz CT molecular complexity index is 1000. The Balaban J connectivity index is 1.60. The van der Waals surface area contributed by atoms with Gasteiger partial charge >= 0.3 is 0 Å². The van der Waals surface area contributed by atoms with Crippen LogP contribution in [0.5, 0.6) is 5.75 Å². The lowest BCUT2D eigenvalue weighted by Gasteiger charge is -2.15. The molecule has 0 aliphatic heterocycles. The van der Waals surface area contributed by atoms with Gasteiger partial charge in [0.25, 0.3) is 0 Å². The van der Waals surface area contributed by atoms with E-state index in [0.717, 1.165) is 5.75 Å². The molecule has 0 unspecified atom stereocenters. The number of ether oxygens (including phenoxy) is 1. The molecule has 8 heteroatoms. The molecule has 0 aliphatic rings. The summed E-state index contributed by atoms with van der Waals surface area (Å²) in [5, 5.41) is 12.0. The third-order valence-corrected chi connectivity index (χ3v) is 5.36. The number of rotatable bonds is 9. The van der Waals surface area contributed by atoms with E-state index in [4.69, 9.17) is 4.74 Å². The fourth-order valence-electron chi connectivity index (χ4n) is 2.88. The van der Waals surface area contributed by atoms with E-state index >= 15 is 0 Å². The molecule has 0 spiro atoms. The smallest absolute Gasteiger partial charge is 0.234 e. The van der Waals surface area contributed by atoms with Gasteiger partial charge in [-0.05, 0) is 57.2 Å². The van der Waals surface area contributed by atoms with Crippen LogP contribution in [0.4, 0.5) is 5.69 Å². The lowest BCUT2D eigenvalue weighted by Crippen LogP contribution is -2.15. The van der Waals surface area contributed by atoms with Crippen LogP contribution in [0.1, 0.15) is 43.1 Å². The van der Waals surface area contributed by atoms with E-state index in [1.165, 1.54) is 18.7 Å². The maximum Gasteiger partial charge on any atom is 0.234 e. The molecule has 30 heavy (non-hydrogen) atoms. The van der Waals surface area contributed by atoms with Gasteiger partial charge in [0.15, 0.2) is 22.9 Å². The highest BCUT2D eigenvalue weighted by Gasteiger charge is 2.19. The van der Waals surface area contributed by atoms with E-state index in [1.807, 2.05) is 48.7 Å². The summed E-state index contributed by atoms with van der Waals surface area (Å²) in [4.78, 5) is 23.6. The highest BCUT2D eigenvalue weighted by Crippen LogP contribution is 2.24. The average Bonchev–Trinajstić information content (AvgIpc) is 3.16. The van der Waals surface area contributed by atoms with Crippen LogP contribution in [-0.2, 0) is 11.3 Å². The lowest BCUT2D eigenvalue weighted by atomic mass is 10.1. The highest BCUT2D eigenvalue weighted by molar-refractivity contribution is 7.99. The first-order valence-electron chi connectivity index (χ1n) is 9.66. The van der Waals surface area contributed by atoms with Crippen LogP contribution in [0.25, 0.3) is 0 Å². The number of Topliss-reactive ketones (excluding diaryl/α,β-unsaturated/α-hetero) is 1. The molecule has 0 saturated heterocycles. The third kappa shape index (κ3) is 5.48. The molecule has 2 aromatic carbocycles. The van der Waals surface area contributed by atoms with Crippen LogP contribution in [0.2, 0.25) is 0 Å². The Morgan fingerprint density at radius 3 is 2.43 bits per heavy atom. The second kappa shape index (κ2) is 10.1. The Labute approximate surface area is 179 Å². The fourth-order valence-corrected chi connectivity index (χ4v) is 3.69. The number of aromatic nitrogens is 3. The normalized spacial score (nSPS) is 11.7. The first kappa shape index (κ1) is 21.6. The van der Waals surface area contributed by atoms with Crippen molar-refractivity contribution in [3.8, 4) is 5.75 Å². The van der Waals surface area contributed by atoms with Gasteiger partial charge in [0.2, 0.25) is 5.91 Å². The number of ketones is 1. The Hall–Kier alpha value is -3.13. The summed E-state index contributed by atoms with van der Waals surface area (Å²) >= 11 is 1.32. The van der Waals surface area contributed by atoms with Gasteiger partial charge < -0.3 is 14.6 Å². The van der Waals surface area contributed by atoms with E-state index in [-0.39, 0.29) is 23.5 Å². The summed E-state index contributed by atoms with van der Waals surface area (Å²) in [7, 11) is 0. The number of amides is 1. The van der Waals surface area contributed by atoms with Crippen molar-refractivity contribution < 1.29 is 14.3 Å². The van der Waals surface area contributed by atoms with Crippen molar-refractivity contribution in [1.29, 1.82) is 0 Å². The number of carbonyl (C=O) groups is 2. The molecule has 0 radical (unpaired) electrons. The molecule has 3 rings (SSSR count). The number of nitrogens with one attached hydrogen (secondary N) is 1.